The van der Waals surface area contributed by atoms with Crippen molar-refractivity contribution in [3.8, 4) is 0 Å². The minimum absolute atomic E-state index is 0.147. The highest BCUT2D eigenvalue weighted by atomic mass is 16.5. The van der Waals surface area contributed by atoms with Crippen molar-refractivity contribution in [2.75, 3.05) is 19.4 Å². The first-order chi connectivity index (χ1) is 13.2. The van der Waals surface area contributed by atoms with Gasteiger partial charge in [0.15, 0.2) is 11.5 Å². The van der Waals surface area contributed by atoms with Crippen LogP contribution >= 0.6 is 0 Å². The van der Waals surface area contributed by atoms with Crippen LogP contribution in [-0.4, -0.2) is 45.7 Å². The molecule has 0 aliphatic heterocycles. The van der Waals surface area contributed by atoms with E-state index in [0.717, 1.165) is 17.0 Å². The van der Waals surface area contributed by atoms with Gasteiger partial charge in [-0.25, -0.2) is 0 Å². The van der Waals surface area contributed by atoms with E-state index in [9.17, 15) is 9.59 Å². The summed E-state index contributed by atoms with van der Waals surface area (Å²) in [6.45, 7) is 5.47. The summed E-state index contributed by atoms with van der Waals surface area (Å²) >= 11 is 0. The van der Waals surface area contributed by atoms with Crippen molar-refractivity contribution >= 4 is 17.5 Å². The molecule has 0 aliphatic carbocycles. The average Bonchev–Trinajstić information content (AvgIpc) is 3.32. The Morgan fingerprint density at radius 2 is 1.93 bits per heavy atom. The Kier molecular flexibility index (Phi) is 5.08. The summed E-state index contributed by atoms with van der Waals surface area (Å²) in [5.41, 5.74) is 2.94. The predicted octanol–water partition coefficient (Wildman–Crippen LogP) is 2.47. The molecule has 28 heavy (non-hydrogen) atoms. The van der Waals surface area contributed by atoms with Gasteiger partial charge in [0.25, 0.3) is 11.8 Å². The molecule has 3 rings (SSSR count). The molecule has 0 spiro atoms. The monoisotopic (exact) mass is 385 g/mol. The summed E-state index contributed by atoms with van der Waals surface area (Å²) in [5.74, 6) is 0.740. The summed E-state index contributed by atoms with van der Waals surface area (Å²) in [6, 6.07) is 3.34. The number of aryl methyl sites for hydroxylation is 3. The maximum Gasteiger partial charge on any atom is 0.291 e. The minimum atomic E-state index is -0.450. The Morgan fingerprint density at radius 3 is 2.54 bits per heavy atom. The number of hydrogen-bond acceptors (Lipinski definition) is 6. The summed E-state index contributed by atoms with van der Waals surface area (Å²) in [5, 5.41) is 10.9. The number of aromatic nitrogens is 3. The van der Waals surface area contributed by atoms with Crippen LogP contribution in [0, 0.1) is 20.8 Å². The molecule has 0 atom stereocenters. The van der Waals surface area contributed by atoms with Crippen LogP contribution in [0.5, 0.6) is 0 Å². The summed E-state index contributed by atoms with van der Waals surface area (Å²) in [4.78, 5) is 26.4. The van der Waals surface area contributed by atoms with Gasteiger partial charge in [-0.2, -0.15) is 5.10 Å². The molecule has 9 heteroatoms. The van der Waals surface area contributed by atoms with Gasteiger partial charge < -0.3 is 19.2 Å². The van der Waals surface area contributed by atoms with Gasteiger partial charge in [-0.3, -0.25) is 14.3 Å². The van der Waals surface area contributed by atoms with Crippen molar-refractivity contribution in [2.24, 2.45) is 7.05 Å². The fourth-order valence-electron chi connectivity index (χ4n) is 2.82. The van der Waals surface area contributed by atoms with E-state index in [2.05, 4.69) is 15.6 Å². The average molecular weight is 385 g/mol. The lowest BCUT2D eigenvalue weighted by Gasteiger charge is -2.10. The first-order valence-corrected chi connectivity index (χ1v) is 8.76. The largest absolute Gasteiger partial charge is 0.456 e. The summed E-state index contributed by atoms with van der Waals surface area (Å²) < 4.78 is 12.4. The maximum absolute atomic E-state index is 12.7. The highest BCUT2D eigenvalue weighted by Gasteiger charge is 2.24. The van der Waals surface area contributed by atoms with Crippen molar-refractivity contribution in [3.63, 3.8) is 0 Å². The molecule has 3 aromatic rings. The molecule has 0 fully saturated rings. The van der Waals surface area contributed by atoms with Crippen molar-refractivity contribution in [1.82, 2.24) is 19.8 Å². The Hall–Kier alpha value is -3.36. The van der Waals surface area contributed by atoms with Crippen molar-refractivity contribution in [1.29, 1.82) is 0 Å². The second kappa shape index (κ2) is 7.34. The number of rotatable bonds is 5. The Bertz CT molecular complexity index is 1020. The molecule has 2 amide bonds. The number of carbonyl (C=O) groups is 2. The number of nitrogens with zero attached hydrogens (tertiary/aromatic N) is 4. The van der Waals surface area contributed by atoms with Crippen molar-refractivity contribution in [3.05, 3.63) is 52.1 Å². The number of furan rings is 1. The second-order valence-corrected chi connectivity index (χ2v) is 6.83. The standard InChI is InChI=1S/C19H23N5O4/c1-10-14(12(3)28-22-10)9-13-7-8-15(27-13)18(25)20-16-11(2)24(6)21-17(16)19(26)23(4)5/h7-8H,9H2,1-6H3,(H,20,25). The lowest BCUT2D eigenvalue weighted by molar-refractivity contribution is 0.0822. The normalized spacial score (nSPS) is 10.9. The first kappa shape index (κ1) is 19.4. The molecule has 0 saturated heterocycles. The molecule has 9 nitrogen and oxygen atoms in total. The van der Waals surface area contributed by atoms with Crippen LogP contribution in [0.25, 0.3) is 0 Å². The van der Waals surface area contributed by atoms with Gasteiger partial charge in [0.05, 0.1) is 17.1 Å². The second-order valence-electron chi connectivity index (χ2n) is 6.83. The molecule has 0 bridgehead atoms. The quantitative estimate of drug-likeness (QED) is 0.723. The minimum Gasteiger partial charge on any atom is -0.456 e. The number of carbonyl (C=O) groups excluding carboxylic acids is 2. The molecule has 0 unspecified atom stereocenters. The molecule has 148 valence electrons. The fourth-order valence-corrected chi connectivity index (χ4v) is 2.82. The van der Waals surface area contributed by atoms with Crippen LogP contribution in [0.15, 0.2) is 21.1 Å². The van der Waals surface area contributed by atoms with Gasteiger partial charge in [-0.1, -0.05) is 5.16 Å². The van der Waals surface area contributed by atoms with Crippen LogP contribution in [-0.2, 0) is 13.5 Å². The van der Waals surface area contributed by atoms with Gasteiger partial charge in [0.2, 0.25) is 0 Å². The fraction of sp³-hybridized carbons (Fsp3) is 0.368. The first-order valence-electron chi connectivity index (χ1n) is 8.76. The molecule has 0 aromatic carbocycles. The van der Waals surface area contributed by atoms with Crippen LogP contribution in [0.4, 0.5) is 5.69 Å². The number of anilines is 1. The smallest absolute Gasteiger partial charge is 0.291 e. The van der Waals surface area contributed by atoms with Gasteiger partial charge >= 0.3 is 0 Å². The SMILES string of the molecule is Cc1noc(C)c1Cc1ccc(C(=O)Nc2c(C(=O)N(C)C)nn(C)c2C)o1. The lowest BCUT2D eigenvalue weighted by atomic mass is 10.1. The van der Waals surface area contributed by atoms with Crippen LogP contribution in [0.2, 0.25) is 0 Å². The van der Waals surface area contributed by atoms with E-state index in [1.165, 1.54) is 4.90 Å². The van der Waals surface area contributed by atoms with Crippen LogP contribution in [0.3, 0.4) is 0 Å². The van der Waals surface area contributed by atoms with E-state index in [0.29, 0.717) is 23.6 Å². The maximum atomic E-state index is 12.7. The zero-order valence-corrected chi connectivity index (χ0v) is 16.8. The molecule has 0 aliphatic rings. The van der Waals surface area contributed by atoms with E-state index in [-0.39, 0.29) is 17.4 Å². The van der Waals surface area contributed by atoms with Crippen LogP contribution < -0.4 is 5.32 Å². The number of amides is 2. The van der Waals surface area contributed by atoms with Gasteiger partial charge in [0.1, 0.15) is 11.5 Å². The van der Waals surface area contributed by atoms with E-state index in [1.807, 2.05) is 13.8 Å². The third kappa shape index (κ3) is 3.55. The zero-order chi connectivity index (χ0) is 20.6. The molecular weight excluding hydrogens is 362 g/mol. The Balaban J connectivity index is 1.81. The summed E-state index contributed by atoms with van der Waals surface area (Å²) in [7, 11) is 4.98. The lowest BCUT2D eigenvalue weighted by Crippen LogP contribution is -2.24. The topological polar surface area (TPSA) is 106 Å². The molecule has 0 radical (unpaired) electrons. The van der Waals surface area contributed by atoms with E-state index >= 15 is 0 Å². The number of hydrogen-bond donors (Lipinski definition) is 1. The summed E-state index contributed by atoms with van der Waals surface area (Å²) in [6.07, 6.45) is 0.477. The Morgan fingerprint density at radius 1 is 1.21 bits per heavy atom. The third-order valence-electron chi connectivity index (χ3n) is 4.60. The van der Waals surface area contributed by atoms with Crippen molar-refractivity contribution < 1.29 is 18.5 Å². The zero-order valence-electron chi connectivity index (χ0n) is 16.8. The van der Waals surface area contributed by atoms with Crippen molar-refractivity contribution in [2.45, 2.75) is 27.2 Å². The van der Waals surface area contributed by atoms with E-state index in [4.69, 9.17) is 8.94 Å². The molecule has 3 aromatic heterocycles. The van der Waals surface area contributed by atoms with E-state index < -0.39 is 5.91 Å². The molecule has 3 heterocycles. The molecule has 1 N–H and O–H groups in total. The van der Waals surface area contributed by atoms with Gasteiger partial charge in [-0.15, -0.1) is 0 Å². The molecule has 0 saturated carbocycles. The van der Waals surface area contributed by atoms with Gasteiger partial charge in [-0.05, 0) is 32.9 Å². The molecular formula is C19H23N5O4. The highest BCUT2D eigenvalue weighted by molar-refractivity contribution is 6.07. The highest BCUT2D eigenvalue weighted by Crippen LogP contribution is 2.23. The van der Waals surface area contributed by atoms with E-state index in [1.54, 1.807) is 44.9 Å². The number of nitrogens with one attached hydrogen (secondary N) is 1. The Labute approximate surface area is 162 Å². The van der Waals surface area contributed by atoms with Gasteiger partial charge in [0, 0.05) is 33.1 Å². The predicted molar refractivity (Wildman–Crippen MR) is 101 cm³/mol. The third-order valence-corrected chi connectivity index (χ3v) is 4.60. The van der Waals surface area contributed by atoms with Crippen LogP contribution in [0.1, 0.15) is 49.5 Å².